The van der Waals surface area contributed by atoms with Gasteiger partial charge in [-0.25, -0.2) is 0 Å². The Hall–Kier alpha value is -0.610. The lowest BCUT2D eigenvalue weighted by Crippen LogP contribution is -2.25. The third kappa shape index (κ3) is 5.47. The highest BCUT2D eigenvalue weighted by Crippen LogP contribution is 2.16. The van der Waals surface area contributed by atoms with Gasteiger partial charge in [0.2, 0.25) is 0 Å². The molecule has 1 heterocycles. The smallest absolute Gasteiger partial charge is 0.138 e. The molecular formula is C12H19BrN2O. The molecule has 1 N–H and O–H groups in total. The molecule has 4 heteroatoms. The number of aromatic nitrogens is 1. The van der Waals surface area contributed by atoms with Crippen molar-refractivity contribution in [3.8, 4) is 5.75 Å². The molecule has 0 saturated carbocycles. The van der Waals surface area contributed by atoms with E-state index in [0.29, 0.717) is 5.92 Å². The van der Waals surface area contributed by atoms with Gasteiger partial charge in [0.15, 0.2) is 0 Å². The summed E-state index contributed by atoms with van der Waals surface area (Å²) in [4.78, 5) is 4.05. The second-order valence-corrected chi connectivity index (χ2v) is 4.87. The van der Waals surface area contributed by atoms with Crippen LogP contribution in [0.1, 0.15) is 20.3 Å². The lowest BCUT2D eigenvalue weighted by Gasteiger charge is -2.13. The summed E-state index contributed by atoms with van der Waals surface area (Å²) in [5, 5.41) is 3.38. The molecule has 0 aliphatic heterocycles. The van der Waals surface area contributed by atoms with Crippen molar-refractivity contribution in [1.82, 2.24) is 10.3 Å². The highest BCUT2D eigenvalue weighted by atomic mass is 79.9. The minimum atomic E-state index is 0.505. The van der Waals surface area contributed by atoms with Gasteiger partial charge in [0.25, 0.3) is 0 Å². The summed E-state index contributed by atoms with van der Waals surface area (Å²) >= 11 is 3.37. The Kier molecular flexibility index (Phi) is 6.42. The molecule has 0 aliphatic rings. The lowest BCUT2D eigenvalue weighted by atomic mass is 10.2. The third-order valence-electron chi connectivity index (χ3n) is 2.13. The van der Waals surface area contributed by atoms with Gasteiger partial charge < -0.3 is 10.1 Å². The molecule has 0 bridgehead atoms. The summed E-state index contributed by atoms with van der Waals surface area (Å²) in [6.07, 6.45) is 4.65. The molecule has 0 aliphatic carbocycles. The Labute approximate surface area is 106 Å². The van der Waals surface area contributed by atoms with Gasteiger partial charge in [-0.05, 0) is 35.0 Å². The molecule has 0 saturated heterocycles. The van der Waals surface area contributed by atoms with E-state index in [1.54, 1.807) is 12.4 Å². The fourth-order valence-corrected chi connectivity index (χ4v) is 1.64. The first-order chi connectivity index (χ1) is 7.72. The molecule has 1 aromatic rings. The van der Waals surface area contributed by atoms with Crippen molar-refractivity contribution < 1.29 is 4.74 Å². The molecule has 16 heavy (non-hydrogen) atoms. The van der Waals surface area contributed by atoms with E-state index < -0.39 is 0 Å². The largest absolute Gasteiger partial charge is 0.492 e. The summed E-state index contributed by atoms with van der Waals surface area (Å²) in [5.74, 6) is 1.32. The molecule has 1 rings (SSSR count). The van der Waals surface area contributed by atoms with Crippen molar-refractivity contribution in [2.24, 2.45) is 5.92 Å². The minimum Gasteiger partial charge on any atom is -0.492 e. The van der Waals surface area contributed by atoms with Gasteiger partial charge >= 0.3 is 0 Å². The topological polar surface area (TPSA) is 34.1 Å². The number of nitrogens with zero attached hydrogens (tertiary/aromatic N) is 1. The van der Waals surface area contributed by atoms with Crippen molar-refractivity contribution in [3.05, 3.63) is 22.9 Å². The van der Waals surface area contributed by atoms with Gasteiger partial charge in [-0.15, -0.1) is 0 Å². The predicted octanol–water partition coefficient (Wildman–Crippen LogP) is 2.86. The Bertz CT molecular complexity index is 307. The van der Waals surface area contributed by atoms with Crippen LogP contribution in [0.25, 0.3) is 0 Å². The fraction of sp³-hybridized carbons (Fsp3) is 0.583. The van der Waals surface area contributed by atoms with Crippen molar-refractivity contribution in [3.63, 3.8) is 0 Å². The maximum Gasteiger partial charge on any atom is 0.138 e. The van der Waals surface area contributed by atoms with Gasteiger partial charge in [0, 0.05) is 23.1 Å². The van der Waals surface area contributed by atoms with Crippen molar-refractivity contribution in [1.29, 1.82) is 0 Å². The molecule has 0 amide bonds. The normalized spacial score (nSPS) is 12.4. The van der Waals surface area contributed by atoms with E-state index in [1.165, 1.54) is 6.42 Å². The summed E-state index contributed by atoms with van der Waals surface area (Å²) in [6, 6.07) is 1.93. The van der Waals surface area contributed by atoms with E-state index in [4.69, 9.17) is 4.74 Å². The van der Waals surface area contributed by atoms with E-state index in [2.05, 4.69) is 40.1 Å². The molecule has 1 unspecified atom stereocenters. The maximum atomic E-state index is 5.65. The van der Waals surface area contributed by atoms with Crippen LogP contribution >= 0.6 is 15.9 Å². The minimum absolute atomic E-state index is 0.505. The summed E-state index contributed by atoms with van der Waals surface area (Å²) in [7, 11) is 0. The SMILES string of the molecule is CCCNCC(C)COc1cncc(Br)c1. The predicted molar refractivity (Wildman–Crippen MR) is 69.8 cm³/mol. The third-order valence-corrected chi connectivity index (χ3v) is 2.57. The van der Waals surface area contributed by atoms with Gasteiger partial charge in [-0.3, -0.25) is 4.98 Å². The van der Waals surface area contributed by atoms with Crippen LogP contribution < -0.4 is 10.1 Å². The molecule has 1 aromatic heterocycles. The Morgan fingerprint density at radius 3 is 3.00 bits per heavy atom. The van der Waals surface area contributed by atoms with Crippen LogP contribution in [0.3, 0.4) is 0 Å². The maximum absolute atomic E-state index is 5.65. The first-order valence-electron chi connectivity index (χ1n) is 5.66. The standard InChI is InChI=1S/C12H19BrN2O/c1-3-4-14-6-10(2)9-16-12-5-11(13)7-15-8-12/h5,7-8,10,14H,3-4,6,9H2,1-2H3. The summed E-state index contributed by atoms with van der Waals surface area (Å²) in [6.45, 7) is 7.13. The van der Waals surface area contributed by atoms with E-state index in [9.17, 15) is 0 Å². The Balaban J connectivity index is 2.23. The van der Waals surface area contributed by atoms with Crippen molar-refractivity contribution >= 4 is 15.9 Å². The van der Waals surface area contributed by atoms with E-state index in [1.807, 2.05) is 6.07 Å². The van der Waals surface area contributed by atoms with E-state index >= 15 is 0 Å². The van der Waals surface area contributed by atoms with Crippen LogP contribution in [0.4, 0.5) is 0 Å². The first-order valence-corrected chi connectivity index (χ1v) is 6.45. The molecule has 0 spiro atoms. The number of nitrogens with one attached hydrogen (secondary N) is 1. The molecule has 0 fully saturated rings. The molecule has 90 valence electrons. The monoisotopic (exact) mass is 286 g/mol. The molecule has 0 aromatic carbocycles. The highest BCUT2D eigenvalue weighted by molar-refractivity contribution is 9.10. The average Bonchev–Trinajstić information content (AvgIpc) is 2.27. The fourth-order valence-electron chi connectivity index (χ4n) is 1.29. The molecule has 3 nitrogen and oxygen atoms in total. The zero-order chi connectivity index (χ0) is 11.8. The van der Waals surface area contributed by atoms with Crippen LogP contribution in [0.5, 0.6) is 5.75 Å². The second-order valence-electron chi connectivity index (χ2n) is 3.96. The number of pyridine rings is 1. The number of hydrogen-bond acceptors (Lipinski definition) is 3. The number of rotatable bonds is 7. The first kappa shape index (κ1) is 13.5. The second kappa shape index (κ2) is 7.63. The van der Waals surface area contributed by atoms with E-state index in [0.717, 1.165) is 29.9 Å². The lowest BCUT2D eigenvalue weighted by molar-refractivity contribution is 0.255. The van der Waals surface area contributed by atoms with Gasteiger partial charge in [-0.1, -0.05) is 13.8 Å². The van der Waals surface area contributed by atoms with Gasteiger partial charge in [0.1, 0.15) is 5.75 Å². The quantitative estimate of drug-likeness (QED) is 0.783. The van der Waals surface area contributed by atoms with Crippen LogP contribution in [0, 0.1) is 5.92 Å². The van der Waals surface area contributed by atoms with Crippen LogP contribution in [-0.4, -0.2) is 24.7 Å². The van der Waals surface area contributed by atoms with Crippen LogP contribution in [0.15, 0.2) is 22.9 Å². The molecule has 0 radical (unpaired) electrons. The highest BCUT2D eigenvalue weighted by Gasteiger charge is 2.03. The Morgan fingerprint density at radius 2 is 2.31 bits per heavy atom. The van der Waals surface area contributed by atoms with Crippen LogP contribution in [0.2, 0.25) is 0 Å². The van der Waals surface area contributed by atoms with Crippen molar-refractivity contribution in [2.45, 2.75) is 20.3 Å². The number of ether oxygens (including phenoxy) is 1. The Morgan fingerprint density at radius 1 is 1.50 bits per heavy atom. The van der Waals surface area contributed by atoms with Gasteiger partial charge in [-0.2, -0.15) is 0 Å². The number of hydrogen-bond donors (Lipinski definition) is 1. The summed E-state index contributed by atoms with van der Waals surface area (Å²) < 4.78 is 6.59. The average molecular weight is 287 g/mol. The van der Waals surface area contributed by atoms with Crippen LogP contribution in [-0.2, 0) is 0 Å². The van der Waals surface area contributed by atoms with Crippen molar-refractivity contribution in [2.75, 3.05) is 19.7 Å². The molecule has 1 atom stereocenters. The number of halogens is 1. The zero-order valence-corrected chi connectivity index (χ0v) is 11.5. The zero-order valence-electron chi connectivity index (χ0n) is 9.87. The molecular weight excluding hydrogens is 268 g/mol. The van der Waals surface area contributed by atoms with E-state index in [-0.39, 0.29) is 0 Å². The summed E-state index contributed by atoms with van der Waals surface area (Å²) in [5.41, 5.74) is 0. The van der Waals surface area contributed by atoms with Gasteiger partial charge in [0.05, 0.1) is 12.8 Å².